The Balaban J connectivity index is 2.14. The molecule has 0 aromatic rings. The van der Waals surface area contributed by atoms with E-state index in [0.717, 1.165) is 32.1 Å². The van der Waals surface area contributed by atoms with E-state index in [1.807, 2.05) is 7.11 Å². The van der Waals surface area contributed by atoms with Crippen molar-refractivity contribution in [2.45, 2.75) is 85.4 Å². The Kier molecular flexibility index (Phi) is 4.57. The van der Waals surface area contributed by atoms with Crippen LogP contribution in [0.2, 0.25) is 0 Å². The summed E-state index contributed by atoms with van der Waals surface area (Å²) in [4.78, 5) is 0. The molecule has 2 saturated carbocycles. The van der Waals surface area contributed by atoms with Gasteiger partial charge in [0.25, 0.3) is 0 Å². The van der Waals surface area contributed by atoms with Crippen molar-refractivity contribution in [1.82, 2.24) is 0 Å². The molecule has 0 saturated heterocycles. The number of hydrogen-bond donors (Lipinski definition) is 1. The Hall–Kier alpha value is -0.600. The lowest BCUT2D eigenvalue weighted by molar-refractivity contribution is -0.122. The molecule has 0 amide bonds. The molecule has 2 bridgehead atoms. The molecule has 2 nitrogen and oxygen atoms in total. The van der Waals surface area contributed by atoms with E-state index >= 15 is 0 Å². The number of rotatable bonds is 1. The molecule has 3 aliphatic carbocycles. The van der Waals surface area contributed by atoms with Gasteiger partial charge in [-0.05, 0) is 62.2 Å². The first-order valence-corrected chi connectivity index (χ1v) is 10.1. The molecular weight excluding hydrogens is 308 g/mol. The summed E-state index contributed by atoms with van der Waals surface area (Å²) in [6.45, 7) is 18.5. The summed E-state index contributed by atoms with van der Waals surface area (Å²) < 4.78 is 5.82. The lowest BCUT2D eigenvalue weighted by Gasteiger charge is -2.59. The smallest absolute Gasteiger partial charge is 0.0741 e. The molecule has 3 aliphatic rings. The standard InChI is InChI=1S/C23H38O2/c1-14-9-10-23(24)13-18-11-19(25-8)15(2)12-22(18,7)17(4)16(3)20(14)21(23,5)6/h15-16,18-19,24H,4,9-13H2,1-3,5-8H3/t15-,16+,18?,19+,22+,23-/m1/s1. The van der Waals surface area contributed by atoms with Gasteiger partial charge in [0.05, 0.1) is 11.7 Å². The fraction of sp³-hybridized carbons (Fsp3) is 0.826. The maximum Gasteiger partial charge on any atom is 0.0741 e. The highest BCUT2D eigenvalue weighted by atomic mass is 16.5. The first kappa shape index (κ1) is 19.2. The third-order valence-electron chi connectivity index (χ3n) is 8.58. The van der Waals surface area contributed by atoms with Crippen molar-refractivity contribution in [1.29, 1.82) is 0 Å². The van der Waals surface area contributed by atoms with Crippen LogP contribution in [0.5, 0.6) is 0 Å². The van der Waals surface area contributed by atoms with Crippen LogP contribution in [0.1, 0.15) is 73.6 Å². The minimum absolute atomic E-state index is 0.0845. The van der Waals surface area contributed by atoms with Crippen molar-refractivity contribution in [2.24, 2.45) is 28.6 Å². The quantitative estimate of drug-likeness (QED) is 0.634. The van der Waals surface area contributed by atoms with Gasteiger partial charge in [-0.15, -0.1) is 0 Å². The zero-order chi connectivity index (χ0) is 18.8. The van der Waals surface area contributed by atoms with E-state index in [9.17, 15) is 5.11 Å². The molecule has 0 aromatic carbocycles. The van der Waals surface area contributed by atoms with E-state index in [2.05, 4.69) is 48.1 Å². The molecule has 1 N–H and O–H groups in total. The lowest BCUT2D eigenvalue weighted by Crippen LogP contribution is -2.56. The number of aliphatic hydroxyl groups is 1. The third kappa shape index (κ3) is 2.58. The van der Waals surface area contributed by atoms with Crippen LogP contribution in [-0.4, -0.2) is 23.9 Å². The van der Waals surface area contributed by atoms with Crippen LogP contribution in [0.15, 0.2) is 23.3 Å². The highest BCUT2D eigenvalue weighted by molar-refractivity contribution is 5.38. The maximum absolute atomic E-state index is 11.8. The van der Waals surface area contributed by atoms with E-state index in [4.69, 9.17) is 4.74 Å². The van der Waals surface area contributed by atoms with Crippen LogP contribution < -0.4 is 0 Å². The zero-order valence-electron chi connectivity index (χ0n) is 17.4. The Bertz CT molecular complexity index is 601. The van der Waals surface area contributed by atoms with Crippen LogP contribution in [0.3, 0.4) is 0 Å². The summed E-state index contributed by atoms with van der Waals surface area (Å²) in [5.41, 5.74) is 3.58. The van der Waals surface area contributed by atoms with Gasteiger partial charge in [-0.3, -0.25) is 0 Å². The minimum Gasteiger partial charge on any atom is -0.389 e. The van der Waals surface area contributed by atoms with Crippen molar-refractivity contribution >= 4 is 0 Å². The largest absolute Gasteiger partial charge is 0.389 e. The topological polar surface area (TPSA) is 29.5 Å². The van der Waals surface area contributed by atoms with Crippen molar-refractivity contribution in [2.75, 3.05) is 7.11 Å². The monoisotopic (exact) mass is 346 g/mol. The highest BCUT2D eigenvalue weighted by Gasteiger charge is 2.57. The van der Waals surface area contributed by atoms with Gasteiger partial charge in [0.1, 0.15) is 0 Å². The van der Waals surface area contributed by atoms with Crippen molar-refractivity contribution < 1.29 is 9.84 Å². The summed E-state index contributed by atoms with van der Waals surface area (Å²) in [5, 5.41) is 11.8. The molecule has 142 valence electrons. The van der Waals surface area contributed by atoms with Crippen LogP contribution in [0, 0.1) is 28.6 Å². The summed E-state index contributed by atoms with van der Waals surface area (Å²) in [6.07, 6.45) is 5.21. The van der Waals surface area contributed by atoms with Crippen molar-refractivity contribution in [3.05, 3.63) is 23.3 Å². The zero-order valence-corrected chi connectivity index (χ0v) is 17.4. The van der Waals surface area contributed by atoms with E-state index in [1.165, 1.54) is 16.7 Å². The van der Waals surface area contributed by atoms with E-state index < -0.39 is 5.60 Å². The van der Waals surface area contributed by atoms with Crippen LogP contribution in [0.4, 0.5) is 0 Å². The van der Waals surface area contributed by atoms with Crippen molar-refractivity contribution in [3.8, 4) is 0 Å². The SMILES string of the molecule is C=C1[C@H](C)C2=C(C)CC[C@@](O)(CC3C[C@H](OC)[C@H](C)C[C@@]13C)C2(C)C. The molecule has 1 unspecified atom stereocenters. The number of fused-ring (bicyclic) bond motifs is 3. The van der Waals surface area contributed by atoms with E-state index in [1.54, 1.807) is 0 Å². The summed E-state index contributed by atoms with van der Waals surface area (Å²) >= 11 is 0. The average molecular weight is 347 g/mol. The van der Waals surface area contributed by atoms with Gasteiger partial charge >= 0.3 is 0 Å². The highest BCUT2D eigenvalue weighted by Crippen LogP contribution is 2.62. The Morgan fingerprint density at radius 3 is 2.40 bits per heavy atom. The molecule has 6 atom stereocenters. The Morgan fingerprint density at radius 2 is 1.80 bits per heavy atom. The average Bonchev–Trinajstić information content (AvgIpc) is 2.52. The van der Waals surface area contributed by atoms with Gasteiger partial charge < -0.3 is 9.84 Å². The normalized spacial score (nSPS) is 47.1. The first-order chi connectivity index (χ1) is 11.5. The molecule has 2 heteroatoms. The number of allylic oxidation sites excluding steroid dienone is 2. The number of hydrogen-bond acceptors (Lipinski definition) is 2. The summed E-state index contributed by atoms with van der Waals surface area (Å²) in [5.74, 6) is 1.31. The Labute approximate surface area is 154 Å². The fourth-order valence-electron chi connectivity index (χ4n) is 6.74. The second-order valence-electron chi connectivity index (χ2n) is 10.1. The van der Waals surface area contributed by atoms with Gasteiger partial charge in [-0.25, -0.2) is 0 Å². The molecule has 0 aliphatic heterocycles. The van der Waals surface area contributed by atoms with Crippen LogP contribution in [0.25, 0.3) is 0 Å². The van der Waals surface area contributed by atoms with E-state index in [0.29, 0.717) is 23.9 Å². The van der Waals surface area contributed by atoms with Crippen molar-refractivity contribution in [3.63, 3.8) is 0 Å². The van der Waals surface area contributed by atoms with Gasteiger partial charge in [0.2, 0.25) is 0 Å². The fourth-order valence-corrected chi connectivity index (χ4v) is 6.74. The molecule has 3 rings (SSSR count). The molecule has 2 fully saturated rings. The number of ether oxygens (including phenoxy) is 1. The van der Waals surface area contributed by atoms with Gasteiger partial charge in [0, 0.05) is 12.5 Å². The molecule has 25 heavy (non-hydrogen) atoms. The third-order valence-corrected chi connectivity index (χ3v) is 8.58. The Morgan fingerprint density at radius 1 is 1.16 bits per heavy atom. The number of methoxy groups -OCH3 is 1. The second kappa shape index (κ2) is 5.96. The van der Waals surface area contributed by atoms with Gasteiger partial charge in [0.15, 0.2) is 0 Å². The first-order valence-electron chi connectivity index (χ1n) is 10.1. The predicted molar refractivity (Wildman–Crippen MR) is 104 cm³/mol. The lowest BCUT2D eigenvalue weighted by atomic mass is 9.47. The minimum atomic E-state index is -0.623. The van der Waals surface area contributed by atoms with Gasteiger partial charge in [-0.1, -0.05) is 57.9 Å². The van der Waals surface area contributed by atoms with Crippen LogP contribution >= 0.6 is 0 Å². The second-order valence-corrected chi connectivity index (χ2v) is 10.1. The summed E-state index contributed by atoms with van der Waals surface area (Å²) in [6, 6.07) is 0. The maximum atomic E-state index is 11.8. The summed E-state index contributed by atoms with van der Waals surface area (Å²) in [7, 11) is 1.84. The molecule has 0 radical (unpaired) electrons. The predicted octanol–water partition coefficient (Wildman–Crippen LogP) is 5.52. The molecule has 0 spiro atoms. The van der Waals surface area contributed by atoms with Crippen LogP contribution in [-0.2, 0) is 4.74 Å². The van der Waals surface area contributed by atoms with E-state index in [-0.39, 0.29) is 10.8 Å². The molecule has 0 aromatic heterocycles. The molecular formula is C23H38O2. The molecule has 0 heterocycles. The van der Waals surface area contributed by atoms with Gasteiger partial charge in [-0.2, -0.15) is 0 Å².